The Morgan fingerprint density at radius 2 is 1.80 bits per heavy atom. The summed E-state index contributed by atoms with van der Waals surface area (Å²) in [7, 11) is 0. The molecule has 0 aromatic carbocycles. The van der Waals surface area contributed by atoms with Crippen molar-refractivity contribution >= 4 is 29.6 Å². The molecule has 3 aliphatic heterocycles. The van der Waals surface area contributed by atoms with Crippen LogP contribution in [0.1, 0.15) is 12.8 Å². The number of aliphatic hydroxyl groups is 1. The van der Waals surface area contributed by atoms with Gasteiger partial charge in [-0.2, -0.15) is 0 Å². The van der Waals surface area contributed by atoms with Crippen LogP contribution < -0.4 is 0 Å². The normalized spacial score (nSPS) is 44.7. The molecule has 53 valence electrons. The van der Waals surface area contributed by atoms with Gasteiger partial charge in [0, 0.05) is 36.1 Å². The Balaban J connectivity index is 0.000000500. The Kier molecular flexibility index (Phi) is 3.20. The van der Waals surface area contributed by atoms with Crippen molar-refractivity contribution in [3.05, 3.63) is 0 Å². The summed E-state index contributed by atoms with van der Waals surface area (Å²) >= 11 is 0. The van der Waals surface area contributed by atoms with E-state index in [2.05, 4.69) is 4.90 Å². The van der Waals surface area contributed by atoms with E-state index in [1.807, 2.05) is 0 Å². The third kappa shape index (κ3) is 1.56. The second-order valence-electron chi connectivity index (χ2n) is 3.21. The molecular formula is C7H13NNaO. The van der Waals surface area contributed by atoms with Crippen molar-refractivity contribution in [3.8, 4) is 0 Å². The van der Waals surface area contributed by atoms with E-state index in [-0.39, 0.29) is 35.7 Å². The molecule has 2 nitrogen and oxygen atoms in total. The molecule has 0 spiro atoms. The molecule has 0 aromatic rings. The van der Waals surface area contributed by atoms with Crippen molar-refractivity contribution in [1.29, 1.82) is 0 Å². The van der Waals surface area contributed by atoms with Crippen LogP contribution in [0.15, 0.2) is 0 Å². The van der Waals surface area contributed by atoms with E-state index in [0.29, 0.717) is 5.92 Å². The summed E-state index contributed by atoms with van der Waals surface area (Å²) in [4.78, 5) is 2.35. The Morgan fingerprint density at radius 1 is 1.20 bits per heavy atom. The monoisotopic (exact) mass is 150 g/mol. The summed E-state index contributed by atoms with van der Waals surface area (Å²) in [6, 6.07) is 0. The molecule has 0 aromatic heterocycles. The fourth-order valence-electron chi connectivity index (χ4n) is 1.93. The molecule has 1 N–H and O–H groups in total. The third-order valence-corrected chi connectivity index (χ3v) is 2.62. The van der Waals surface area contributed by atoms with Crippen LogP contribution in [0.2, 0.25) is 0 Å². The van der Waals surface area contributed by atoms with Crippen molar-refractivity contribution < 1.29 is 5.11 Å². The van der Waals surface area contributed by atoms with Crippen molar-refractivity contribution in [3.63, 3.8) is 0 Å². The van der Waals surface area contributed by atoms with E-state index in [0.717, 1.165) is 6.54 Å². The molecule has 10 heavy (non-hydrogen) atoms. The van der Waals surface area contributed by atoms with Crippen LogP contribution in [0.5, 0.6) is 0 Å². The van der Waals surface area contributed by atoms with E-state index in [1.54, 1.807) is 0 Å². The average Bonchev–Trinajstić information content (AvgIpc) is 1.90. The van der Waals surface area contributed by atoms with Crippen LogP contribution in [0.4, 0.5) is 0 Å². The summed E-state index contributed by atoms with van der Waals surface area (Å²) in [5.74, 6) is 0.634. The van der Waals surface area contributed by atoms with Crippen LogP contribution in [0.25, 0.3) is 0 Å². The van der Waals surface area contributed by atoms with Crippen LogP contribution in [0.3, 0.4) is 0 Å². The quantitative estimate of drug-likeness (QED) is 0.479. The SMILES string of the molecule is O[C@H]1CN2CCC1CC2.[Na]. The van der Waals surface area contributed by atoms with Gasteiger partial charge < -0.3 is 10.0 Å². The Morgan fingerprint density at radius 3 is 2.00 bits per heavy atom. The summed E-state index contributed by atoms with van der Waals surface area (Å²) in [6.45, 7) is 3.38. The van der Waals surface area contributed by atoms with Crippen molar-refractivity contribution in [2.75, 3.05) is 19.6 Å². The summed E-state index contributed by atoms with van der Waals surface area (Å²) in [6.07, 6.45) is 2.44. The molecule has 0 saturated carbocycles. The van der Waals surface area contributed by atoms with Gasteiger partial charge in [-0.05, 0) is 31.8 Å². The first-order valence-electron chi connectivity index (χ1n) is 3.76. The first kappa shape index (κ1) is 9.01. The minimum atomic E-state index is -0.00694. The standard InChI is InChI=1S/C7H13NO.Na/c9-7-5-8-3-1-6(7)2-4-8;/h6-7,9H,1-5H2;/t7-;/m0./s1. The predicted octanol–water partition coefficient (Wildman–Crippen LogP) is -0.308. The minimum absolute atomic E-state index is 0. The maximum Gasteiger partial charge on any atom is 0.0696 e. The smallest absolute Gasteiger partial charge is 0.0696 e. The van der Waals surface area contributed by atoms with Gasteiger partial charge >= 0.3 is 0 Å². The molecule has 3 rings (SSSR count). The first-order valence-corrected chi connectivity index (χ1v) is 3.76. The second kappa shape index (κ2) is 3.55. The maximum atomic E-state index is 9.36. The largest absolute Gasteiger partial charge is 0.392 e. The fraction of sp³-hybridized carbons (Fsp3) is 1.00. The van der Waals surface area contributed by atoms with Crippen molar-refractivity contribution in [1.82, 2.24) is 4.90 Å². The third-order valence-electron chi connectivity index (χ3n) is 2.62. The first-order chi connectivity index (χ1) is 4.36. The molecule has 3 saturated heterocycles. The molecule has 2 bridgehead atoms. The number of aliphatic hydroxyl groups excluding tert-OH is 1. The van der Waals surface area contributed by atoms with Gasteiger partial charge in [-0.15, -0.1) is 0 Å². The van der Waals surface area contributed by atoms with Gasteiger partial charge in [-0.3, -0.25) is 0 Å². The van der Waals surface area contributed by atoms with Crippen molar-refractivity contribution in [2.24, 2.45) is 5.92 Å². The minimum Gasteiger partial charge on any atom is -0.392 e. The number of hydrogen-bond acceptors (Lipinski definition) is 2. The number of rotatable bonds is 0. The van der Waals surface area contributed by atoms with Crippen LogP contribution in [-0.2, 0) is 0 Å². The summed E-state index contributed by atoms with van der Waals surface area (Å²) in [5, 5.41) is 9.36. The summed E-state index contributed by atoms with van der Waals surface area (Å²) in [5.41, 5.74) is 0. The number of hydrogen-bond donors (Lipinski definition) is 1. The number of piperidine rings is 3. The molecule has 3 heteroatoms. The van der Waals surface area contributed by atoms with Gasteiger partial charge in [0.15, 0.2) is 0 Å². The van der Waals surface area contributed by atoms with E-state index in [4.69, 9.17) is 0 Å². The summed E-state index contributed by atoms with van der Waals surface area (Å²) < 4.78 is 0. The zero-order valence-electron chi connectivity index (χ0n) is 6.58. The molecule has 0 aliphatic carbocycles. The van der Waals surface area contributed by atoms with Gasteiger partial charge in [0.2, 0.25) is 0 Å². The number of fused-ring (bicyclic) bond motifs is 3. The molecule has 0 unspecified atom stereocenters. The topological polar surface area (TPSA) is 23.5 Å². The van der Waals surface area contributed by atoms with Crippen LogP contribution in [0, 0.1) is 5.92 Å². The van der Waals surface area contributed by atoms with E-state index < -0.39 is 0 Å². The molecule has 1 radical (unpaired) electrons. The molecule has 0 amide bonds. The molecular weight excluding hydrogens is 137 g/mol. The Hall–Kier alpha value is 0.920. The van der Waals surface area contributed by atoms with Gasteiger partial charge in [0.25, 0.3) is 0 Å². The van der Waals surface area contributed by atoms with Gasteiger partial charge in [-0.1, -0.05) is 0 Å². The molecule has 1 atom stereocenters. The van der Waals surface area contributed by atoms with Crippen molar-refractivity contribution in [2.45, 2.75) is 18.9 Å². The average molecular weight is 150 g/mol. The Bertz CT molecular complexity index is 112. The van der Waals surface area contributed by atoms with E-state index >= 15 is 0 Å². The Labute approximate surface area is 83.9 Å². The van der Waals surface area contributed by atoms with Gasteiger partial charge in [-0.25, -0.2) is 0 Å². The van der Waals surface area contributed by atoms with Gasteiger partial charge in [0.1, 0.15) is 0 Å². The zero-order valence-corrected chi connectivity index (χ0v) is 8.58. The van der Waals surface area contributed by atoms with E-state index in [1.165, 1.54) is 25.9 Å². The molecule has 3 fully saturated rings. The zero-order chi connectivity index (χ0) is 6.27. The molecule has 3 aliphatic rings. The predicted molar refractivity (Wildman–Crippen MR) is 40.9 cm³/mol. The maximum absolute atomic E-state index is 9.36. The number of nitrogens with zero attached hydrogens (tertiary/aromatic N) is 1. The van der Waals surface area contributed by atoms with Crippen LogP contribution >= 0.6 is 0 Å². The fourth-order valence-corrected chi connectivity index (χ4v) is 1.93. The van der Waals surface area contributed by atoms with Crippen LogP contribution in [-0.4, -0.2) is 65.3 Å². The molecule has 3 heterocycles. The van der Waals surface area contributed by atoms with Gasteiger partial charge in [0.05, 0.1) is 6.10 Å². The second-order valence-corrected chi connectivity index (χ2v) is 3.21. The van der Waals surface area contributed by atoms with E-state index in [9.17, 15) is 5.11 Å².